The molecule has 3 atom stereocenters. The molecule has 0 N–H and O–H groups in total. The molecule has 70 valence electrons. The molecular weight excluding hydrogens is 152 g/mol. The van der Waals surface area contributed by atoms with E-state index in [0.29, 0.717) is 12.2 Å². The molecule has 3 unspecified atom stereocenters. The summed E-state index contributed by atoms with van der Waals surface area (Å²) in [7, 11) is 0. The van der Waals surface area contributed by atoms with Crippen molar-refractivity contribution in [2.75, 3.05) is 13.2 Å². The lowest BCUT2D eigenvalue weighted by molar-refractivity contribution is -0.174. The summed E-state index contributed by atoms with van der Waals surface area (Å²) >= 11 is 0. The van der Waals surface area contributed by atoms with Crippen molar-refractivity contribution >= 4 is 0 Å². The molecule has 1 aliphatic heterocycles. The number of hydrogen-bond acceptors (Lipinski definition) is 2. The molecule has 12 heavy (non-hydrogen) atoms. The number of rotatable bonds is 1. The molecule has 1 aliphatic carbocycles. The van der Waals surface area contributed by atoms with Crippen molar-refractivity contribution in [1.82, 2.24) is 0 Å². The van der Waals surface area contributed by atoms with Gasteiger partial charge in [0.25, 0.3) is 0 Å². The smallest absolute Gasteiger partial charge is 0.0865 e. The van der Waals surface area contributed by atoms with E-state index in [2.05, 4.69) is 6.92 Å². The molecule has 0 amide bonds. The normalized spacial score (nSPS) is 42.2. The first-order chi connectivity index (χ1) is 5.92. The summed E-state index contributed by atoms with van der Waals surface area (Å²) in [6, 6.07) is 0. The lowest BCUT2D eigenvalue weighted by Gasteiger charge is -2.40. The van der Waals surface area contributed by atoms with Gasteiger partial charge in [-0.1, -0.05) is 19.8 Å². The maximum absolute atomic E-state index is 5.76. The van der Waals surface area contributed by atoms with Gasteiger partial charge in [0.15, 0.2) is 0 Å². The highest BCUT2D eigenvalue weighted by Crippen LogP contribution is 2.32. The highest BCUT2D eigenvalue weighted by atomic mass is 16.6. The zero-order valence-corrected chi connectivity index (χ0v) is 7.79. The summed E-state index contributed by atoms with van der Waals surface area (Å²) < 4.78 is 11.4. The van der Waals surface area contributed by atoms with Crippen molar-refractivity contribution in [3.8, 4) is 0 Å². The first kappa shape index (κ1) is 8.52. The SMILES string of the molecule is CCC1CCCC2OCCOC12. The van der Waals surface area contributed by atoms with E-state index in [9.17, 15) is 0 Å². The summed E-state index contributed by atoms with van der Waals surface area (Å²) in [6.07, 6.45) is 5.94. The Hall–Kier alpha value is -0.0800. The van der Waals surface area contributed by atoms with Crippen LogP contribution in [0.4, 0.5) is 0 Å². The van der Waals surface area contributed by atoms with E-state index in [-0.39, 0.29) is 0 Å². The van der Waals surface area contributed by atoms with Crippen LogP contribution in [0.5, 0.6) is 0 Å². The van der Waals surface area contributed by atoms with Gasteiger partial charge in [-0.15, -0.1) is 0 Å². The summed E-state index contributed by atoms with van der Waals surface area (Å²) in [5, 5.41) is 0. The lowest BCUT2D eigenvalue weighted by atomic mass is 9.82. The standard InChI is InChI=1S/C10H18O2/c1-2-8-4-3-5-9-10(8)12-7-6-11-9/h8-10H,2-7H2,1H3. The van der Waals surface area contributed by atoms with Crippen LogP contribution in [0.2, 0.25) is 0 Å². The summed E-state index contributed by atoms with van der Waals surface area (Å²) in [5.41, 5.74) is 0. The number of ether oxygens (including phenoxy) is 2. The maximum atomic E-state index is 5.76. The third-order valence-electron chi connectivity index (χ3n) is 3.14. The van der Waals surface area contributed by atoms with Gasteiger partial charge in [-0.25, -0.2) is 0 Å². The molecule has 0 aromatic rings. The van der Waals surface area contributed by atoms with Gasteiger partial charge in [0.2, 0.25) is 0 Å². The predicted octanol–water partition coefficient (Wildman–Crippen LogP) is 1.98. The summed E-state index contributed by atoms with van der Waals surface area (Å²) in [5.74, 6) is 0.754. The Kier molecular flexibility index (Phi) is 2.66. The van der Waals surface area contributed by atoms with E-state index in [1.807, 2.05) is 0 Å². The number of fused-ring (bicyclic) bond motifs is 1. The van der Waals surface area contributed by atoms with Crippen molar-refractivity contribution in [2.24, 2.45) is 5.92 Å². The Morgan fingerprint density at radius 1 is 1.17 bits per heavy atom. The van der Waals surface area contributed by atoms with E-state index in [1.165, 1.54) is 25.7 Å². The zero-order chi connectivity index (χ0) is 8.39. The van der Waals surface area contributed by atoms with E-state index >= 15 is 0 Å². The van der Waals surface area contributed by atoms with Crippen LogP contribution >= 0.6 is 0 Å². The second kappa shape index (κ2) is 3.75. The second-order valence-electron chi connectivity index (χ2n) is 3.84. The van der Waals surface area contributed by atoms with E-state index in [0.717, 1.165) is 19.1 Å². The average Bonchev–Trinajstić information content (AvgIpc) is 2.17. The molecule has 0 spiro atoms. The molecule has 1 saturated heterocycles. The topological polar surface area (TPSA) is 18.5 Å². The predicted molar refractivity (Wildman–Crippen MR) is 47.1 cm³/mol. The Labute approximate surface area is 74.2 Å². The monoisotopic (exact) mass is 170 g/mol. The van der Waals surface area contributed by atoms with Gasteiger partial charge in [-0.05, 0) is 18.8 Å². The lowest BCUT2D eigenvalue weighted by Crippen LogP contribution is -2.45. The van der Waals surface area contributed by atoms with Gasteiger partial charge >= 0.3 is 0 Å². The summed E-state index contributed by atoms with van der Waals surface area (Å²) in [6.45, 7) is 3.86. The van der Waals surface area contributed by atoms with Crippen molar-refractivity contribution in [3.05, 3.63) is 0 Å². The van der Waals surface area contributed by atoms with Crippen LogP contribution in [-0.4, -0.2) is 25.4 Å². The zero-order valence-electron chi connectivity index (χ0n) is 7.79. The molecule has 0 bridgehead atoms. The van der Waals surface area contributed by atoms with Crippen molar-refractivity contribution < 1.29 is 9.47 Å². The van der Waals surface area contributed by atoms with Crippen LogP contribution in [0.1, 0.15) is 32.6 Å². The molecule has 2 rings (SSSR count). The van der Waals surface area contributed by atoms with Crippen molar-refractivity contribution in [3.63, 3.8) is 0 Å². The molecule has 2 heteroatoms. The highest BCUT2D eigenvalue weighted by Gasteiger charge is 2.35. The largest absolute Gasteiger partial charge is 0.373 e. The van der Waals surface area contributed by atoms with Crippen LogP contribution in [0.25, 0.3) is 0 Å². The van der Waals surface area contributed by atoms with Crippen molar-refractivity contribution in [1.29, 1.82) is 0 Å². The molecule has 1 saturated carbocycles. The Balaban J connectivity index is 1.99. The molecule has 2 aliphatic rings. The van der Waals surface area contributed by atoms with Crippen LogP contribution in [0, 0.1) is 5.92 Å². The average molecular weight is 170 g/mol. The fourth-order valence-corrected chi connectivity index (χ4v) is 2.46. The van der Waals surface area contributed by atoms with Crippen LogP contribution in [-0.2, 0) is 9.47 Å². The van der Waals surface area contributed by atoms with Gasteiger partial charge < -0.3 is 9.47 Å². The van der Waals surface area contributed by atoms with E-state index in [1.54, 1.807) is 0 Å². The molecule has 2 fully saturated rings. The Morgan fingerprint density at radius 3 is 2.83 bits per heavy atom. The fraction of sp³-hybridized carbons (Fsp3) is 1.00. The van der Waals surface area contributed by atoms with Crippen LogP contribution in [0.3, 0.4) is 0 Å². The molecule has 0 aromatic carbocycles. The maximum Gasteiger partial charge on any atom is 0.0865 e. The highest BCUT2D eigenvalue weighted by molar-refractivity contribution is 4.85. The first-order valence-corrected chi connectivity index (χ1v) is 5.15. The third kappa shape index (κ3) is 1.50. The fourth-order valence-electron chi connectivity index (χ4n) is 2.46. The van der Waals surface area contributed by atoms with Gasteiger partial charge in [0.05, 0.1) is 25.4 Å². The third-order valence-corrected chi connectivity index (χ3v) is 3.14. The Bertz CT molecular complexity index is 138. The minimum Gasteiger partial charge on any atom is -0.373 e. The molecule has 1 heterocycles. The minimum absolute atomic E-state index is 0.414. The van der Waals surface area contributed by atoms with Crippen LogP contribution < -0.4 is 0 Å². The minimum atomic E-state index is 0.414. The summed E-state index contributed by atoms with van der Waals surface area (Å²) in [4.78, 5) is 0. The number of hydrogen-bond donors (Lipinski definition) is 0. The van der Waals surface area contributed by atoms with Gasteiger partial charge in [0.1, 0.15) is 0 Å². The van der Waals surface area contributed by atoms with E-state index in [4.69, 9.17) is 9.47 Å². The first-order valence-electron chi connectivity index (χ1n) is 5.15. The van der Waals surface area contributed by atoms with Crippen molar-refractivity contribution in [2.45, 2.75) is 44.8 Å². The van der Waals surface area contributed by atoms with Gasteiger partial charge in [0, 0.05) is 0 Å². The van der Waals surface area contributed by atoms with E-state index < -0.39 is 0 Å². The Morgan fingerprint density at radius 2 is 2.00 bits per heavy atom. The molecule has 2 nitrogen and oxygen atoms in total. The van der Waals surface area contributed by atoms with Gasteiger partial charge in [-0.2, -0.15) is 0 Å². The van der Waals surface area contributed by atoms with Crippen LogP contribution in [0.15, 0.2) is 0 Å². The molecule has 0 aromatic heterocycles. The second-order valence-corrected chi connectivity index (χ2v) is 3.84. The van der Waals surface area contributed by atoms with Gasteiger partial charge in [-0.3, -0.25) is 0 Å². The molecule has 0 radical (unpaired) electrons. The molecular formula is C10H18O2. The quantitative estimate of drug-likeness (QED) is 0.599.